The number of ether oxygens (including phenoxy) is 2. The highest BCUT2D eigenvalue weighted by atomic mass is 19.1. The van der Waals surface area contributed by atoms with E-state index in [1.807, 2.05) is 49.1 Å². The molecule has 0 saturated carbocycles. The largest absolute Gasteiger partial charge is 0.497 e. The summed E-state index contributed by atoms with van der Waals surface area (Å²) >= 11 is 0. The Bertz CT molecular complexity index is 1150. The highest BCUT2D eigenvalue weighted by Gasteiger charge is 2.30. The molecule has 0 unspecified atom stereocenters. The van der Waals surface area contributed by atoms with Crippen LogP contribution in [0, 0.1) is 5.82 Å². The number of amides is 1. The van der Waals surface area contributed by atoms with Gasteiger partial charge in [-0.15, -0.1) is 0 Å². The molecule has 1 atom stereocenters. The third-order valence-corrected chi connectivity index (χ3v) is 6.01. The van der Waals surface area contributed by atoms with Crippen LogP contribution >= 0.6 is 0 Å². The van der Waals surface area contributed by atoms with Gasteiger partial charge in [0.2, 0.25) is 5.91 Å². The Kier molecular flexibility index (Phi) is 7.14. The van der Waals surface area contributed by atoms with Crippen molar-refractivity contribution in [2.24, 2.45) is 0 Å². The molecule has 0 aliphatic carbocycles. The monoisotopic (exact) mass is 467 g/mol. The Morgan fingerprint density at radius 1 is 1.29 bits per heavy atom. The van der Waals surface area contributed by atoms with Crippen LogP contribution in [0.4, 0.5) is 10.1 Å². The summed E-state index contributed by atoms with van der Waals surface area (Å²) in [5.74, 6) is 0.483. The van der Waals surface area contributed by atoms with Gasteiger partial charge in [0, 0.05) is 36.5 Å². The lowest BCUT2D eigenvalue weighted by Gasteiger charge is -2.33. The fourth-order valence-electron chi connectivity index (χ4n) is 4.05. The molecule has 8 nitrogen and oxygen atoms in total. The number of fused-ring (bicyclic) bond motifs is 1. The number of hydrogen-bond donors (Lipinski definition) is 2. The first kappa shape index (κ1) is 23.7. The zero-order valence-corrected chi connectivity index (χ0v) is 19.9. The number of carbonyl (C=O) groups excluding carboxylic acids is 1. The van der Waals surface area contributed by atoms with Gasteiger partial charge in [0.1, 0.15) is 23.9 Å². The molecule has 180 valence electrons. The number of likely N-dealkylation sites (N-methyl/N-ethyl adjacent to an activating group) is 2. The molecule has 0 spiro atoms. The van der Waals surface area contributed by atoms with E-state index in [0.717, 1.165) is 16.9 Å². The van der Waals surface area contributed by atoms with E-state index in [-0.39, 0.29) is 5.91 Å². The van der Waals surface area contributed by atoms with E-state index < -0.39 is 11.9 Å². The van der Waals surface area contributed by atoms with E-state index in [2.05, 4.69) is 15.5 Å². The third kappa shape index (κ3) is 5.21. The lowest BCUT2D eigenvalue weighted by atomic mass is 9.93. The summed E-state index contributed by atoms with van der Waals surface area (Å²) in [5.41, 5.74) is 3.49. The lowest BCUT2D eigenvalue weighted by molar-refractivity contribution is -0.121. The number of carbonyl (C=O) groups is 1. The molecule has 0 saturated heterocycles. The molecule has 1 aliphatic rings. The van der Waals surface area contributed by atoms with Gasteiger partial charge in [0.25, 0.3) is 0 Å². The standard InChI is InChI=1S/C25H30FN5O3/c1-30(2)7-8-34-24-11-20(18-13-27-28-14-18)21(26)12-22(24)29-25(32)23-10-17-9-19(33-4)6-5-16(17)15-31(23)3/h5-6,9,11-14,23H,7-8,10,15H2,1-4H3,(H,27,28)(H,29,32)/t23-/m1/s1. The fourth-order valence-corrected chi connectivity index (χ4v) is 4.05. The summed E-state index contributed by atoms with van der Waals surface area (Å²) in [5, 5.41) is 9.51. The molecule has 2 heterocycles. The van der Waals surface area contributed by atoms with Crippen molar-refractivity contribution in [1.82, 2.24) is 20.0 Å². The molecule has 9 heteroatoms. The molecule has 3 aromatic rings. The summed E-state index contributed by atoms with van der Waals surface area (Å²) in [6, 6.07) is 8.43. The molecule has 2 aromatic carbocycles. The molecule has 1 amide bonds. The van der Waals surface area contributed by atoms with Crippen LogP contribution in [0.2, 0.25) is 0 Å². The number of benzene rings is 2. The summed E-state index contributed by atoms with van der Waals surface area (Å²) in [6.07, 6.45) is 3.69. The van der Waals surface area contributed by atoms with Gasteiger partial charge in [0.05, 0.1) is 25.0 Å². The Hall–Kier alpha value is -3.43. The van der Waals surface area contributed by atoms with Gasteiger partial charge in [-0.2, -0.15) is 5.10 Å². The van der Waals surface area contributed by atoms with Crippen molar-refractivity contribution in [1.29, 1.82) is 0 Å². The Labute approximate surface area is 198 Å². The van der Waals surface area contributed by atoms with E-state index in [1.54, 1.807) is 25.6 Å². The number of anilines is 1. The van der Waals surface area contributed by atoms with Gasteiger partial charge in [-0.05, 0) is 56.9 Å². The van der Waals surface area contributed by atoms with Crippen LogP contribution < -0.4 is 14.8 Å². The maximum atomic E-state index is 15.0. The number of H-pyrrole nitrogens is 1. The van der Waals surface area contributed by atoms with Crippen LogP contribution in [0.1, 0.15) is 11.1 Å². The van der Waals surface area contributed by atoms with Gasteiger partial charge in [-0.1, -0.05) is 6.07 Å². The first-order valence-electron chi connectivity index (χ1n) is 11.1. The van der Waals surface area contributed by atoms with Crippen molar-refractivity contribution in [2.45, 2.75) is 19.0 Å². The first-order chi connectivity index (χ1) is 16.4. The van der Waals surface area contributed by atoms with Crippen molar-refractivity contribution in [3.8, 4) is 22.6 Å². The third-order valence-electron chi connectivity index (χ3n) is 6.01. The van der Waals surface area contributed by atoms with Gasteiger partial charge in [0.15, 0.2) is 0 Å². The molecule has 34 heavy (non-hydrogen) atoms. The van der Waals surface area contributed by atoms with Crippen LogP contribution in [-0.2, 0) is 17.8 Å². The van der Waals surface area contributed by atoms with Gasteiger partial charge in [-0.25, -0.2) is 4.39 Å². The van der Waals surface area contributed by atoms with Crippen molar-refractivity contribution in [2.75, 3.05) is 46.7 Å². The van der Waals surface area contributed by atoms with Crippen molar-refractivity contribution in [3.05, 3.63) is 59.7 Å². The predicted molar refractivity (Wildman–Crippen MR) is 129 cm³/mol. The molecule has 0 radical (unpaired) electrons. The summed E-state index contributed by atoms with van der Waals surface area (Å²) < 4.78 is 26.3. The number of halogens is 1. The van der Waals surface area contributed by atoms with E-state index >= 15 is 4.39 Å². The highest BCUT2D eigenvalue weighted by Crippen LogP contribution is 2.34. The van der Waals surface area contributed by atoms with Crippen LogP contribution in [0.5, 0.6) is 11.5 Å². The van der Waals surface area contributed by atoms with Crippen molar-refractivity contribution in [3.63, 3.8) is 0 Å². The molecule has 0 bridgehead atoms. The molecule has 2 N–H and O–H groups in total. The van der Waals surface area contributed by atoms with Gasteiger partial charge < -0.3 is 19.7 Å². The number of aromatic nitrogens is 2. The minimum Gasteiger partial charge on any atom is -0.497 e. The normalized spacial score (nSPS) is 15.8. The quantitative estimate of drug-likeness (QED) is 0.530. The van der Waals surface area contributed by atoms with E-state index in [9.17, 15) is 4.79 Å². The SMILES string of the molecule is COc1ccc2c(c1)C[C@H](C(=O)Nc1cc(F)c(-c3cn[nH]c3)cc1OCCN(C)C)N(C)C2. The number of aromatic amines is 1. The highest BCUT2D eigenvalue weighted by molar-refractivity contribution is 5.97. The zero-order valence-electron chi connectivity index (χ0n) is 19.9. The predicted octanol–water partition coefficient (Wildman–Crippen LogP) is 3.16. The molecule has 4 rings (SSSR count). The molecule has 0 fully saturated rings. The first-order valence-corrected chi connectivity index (χ1v) is 11.1. The Morgan fingerprint density at radius 2 is 2.12 bits per heavy atom. The lowest BCUT2D eigenvalue weighted by Crippen LogP contribution is -2.45. The van der Waals surface area contributed by atoms with Crippen molar-refractivity contribution < 1.29 is 18.7 Å². The molecular formula is C25H30FN5O3. The maximum Gasteiger partial charge on any atom is 0.242 e. The number of hydrogen-bond acceptors (Lipinski definition) is 6. The zero-order chi connectivity index (χ0) is 24.2. The van der Waals surface area contributed by atoms with E-state index in [4.69, 9.17) is 9.47 Å². The summed E-state index contributed by atoms with van der Waals surface area (Å²) in [7, 11) is 7.42. The van der Waals surface area contributed by atoms with Crippen LogP contribution in [-0.4, -0.2) is 73.4 Å². The van der Waals surface area contributed by atoms with Gasteiger partial charge >= 0.3 is 0 Å². The van der Waals surface area contributed by atoms with Crippen molar-refractivity contribution >= 4 is 11.6 Å². The smallest absolute Gasteiger partial charge is 0.242 e. The Morgan fingerprint density at radius 3 is 2.82 bits per heavy atom. The number of nitrogens with zero attached hydrogens (tertiary/aromatic N) is 3. The van der Waals surface area contributed by atoms with Crippen LogP contribution in [0.15, 0.2) is 42.7 Å². The average molecular weight is 468 g/mol. The fraction of sp³-hybridized carbons (Fsp3) is 0.360. The van der Waals surface area contributed by atoms with E-state index in [0.29, 0.717) is 48.7 Å². The topological polar surface area (TPSA) is 82.7 Å². The second-order valence-corrected chi connectivity index (χ2v) is 8.73. The maximum absolute atomic E-state index is 15.0. The molecule has 1 aliphatic heterocycles. The second kappa shape index (κ2) is 10.2. The van der Waals surface area contributed by atoms with Crippen LogP contribution in [0.25, 0.3) is 11.1 Å². The van der Waals surface area contributed by atoms with Crippen LogP contribution in [0.3, 0.4) is 0 Å². The van der Waals surface area contributed by atoms with Gasteiger partial charge in [-0.3, -0.25) is 14.8 Å². The minimum absolute atomic E-state index is 0.219. The average Bonchev–Trinajstić information content (AvgIpc) is 3.34. The number of rotatable bonds is 8. The summed E-state index contributed by atoms with van der Waals surface area (Å²) in [4.78, 5) is 17.3. The number of nitrogens with one attached hydrogen (secondary N) is 2. The molecule has 1 aromatic heterocycles. The van der Waals surface area contributed by atoms with E-state index in [1.165, 1.54) is 6.07 Å². The minimum atomic E-state index is -0.469. The molecular weight excluding hydrogens is 437 g/mol. The Balaban J connectivity index is 1.58. The number of methoxy groups -OCH3 is 1. The summed E-state index contributed by atoms with van der Waals surface area (Å²) in [6.45, 7) is 1.70. The second-order valence-electron chi connectivity index (χ2n) is 8.73.